The summed E-state index contributed by atoms with van der Waals surface area (Å²) in [6, 6.07) is 23.0. The second kappa shape index (κ2) is 8.31. The number of para-hydroxylation sites is 1. The zero-order chi connectivity index (χ0) is 20.1. The Balaban J connectivity index is 1.68. The van der Waals surface area contributed by atoms with Crippen molar-refractivity contribution in [3.8, 4) is 16.9 Å². The van der Waals surface area contributed by atoms with Crippen molar-refractivity contribution in [1.82, 2.24) is 20.2 Å². The summed E-state index contributed by atoms with van der Waals surface area (Å²) in [5, 5.41) is 8.90. The molecule has 0 radical (unpaired) electrons. The van der Waals surface area contributed by atoms with Crippen molar-refractivity contribution < 1.29 is 4.79 Å². The van der Waals surface area contributed by atoms with Crippen LogP contribution in [0.4, 0.5) is 0 Å². The normalized spacial score (nSPS) is 11.3. The van der Waals surface area contributed by atoms with E-state index >= 15 is 0 Å². The summed E-state index contributed by atoms with van der Waals surface area (Å²) in [6.45, 7) is 1.83. The Labute approximate surface area is 168 Å². The Kier molecular flexibility index (Phi) is 5.25. The summed E-state index contributed by atoms with van der Waals surface area (Å²) in [4.78, 5) is 16.9. The second-order valence-electron chi connectivity index (χ2n) is 6.41. The molecule has 6 nitrogen and oxygen atoms in total. The largest absolute Gasteiger partial charge is 0.275 e. The van der Waals surface area contributed by atoms with Crippen molar-refractivity contribution in [2.75, 3.05) is 0 Å². The van der Waals surface area contributed by atoms with Gasteiger partial charge in [-0.2, -0.15) is 10.2 Å². The van der Waals surface area contributed by atoms with Crippen molar-refractivity contribution >= 4 is 11.6 Å². The van der Waals surface area contributed by atoms with Crippen LogP contribution in [0.15, 0.2) is 96.5 Å². The van der Waals surface area contributed by atoms with Gasteiger partial charge >= 0.3 is 0 Å². The van der Waals surface area contributed by atoms with E-state index in [0.717, 1.165) is 16.8 Å². The Morgan fingerprint density at radius 1 is 0.931 bits per heavy atom. The first-order valence-electron chi connectivity index (χ1n) is 9.18. The van der Waals surface area contributed by atoms with Gasteiger partial charge in [-0.05, 0) is 31.2 Å². The summed E-state index contributed by atoms with van der Waals surface area (Å²) in [7, 11) is 0. The number of hydrogen-bond acceptors (Lipinski definition) is 4. The molecule has 0 bridgehead atoms. The van der Waals surface area contributed by atoms with Crippen LogP contribution in [-0.2, 0) is 0 Å². The molecule has 142 valence electrons. The van der Waals surface area contributed by atoms with Crippen LogP contribution in [0, 0.1) is 0 Å². The molecule has 29 heavy (non-hydrogen) atoms. The molecular weight excluding hydrogens is 362 g/mol. The highest BCUT2D eigenvalue weighted by molar-refractivity contribution is 6.02. The quantitative estimate of drug-likeness (QED) is 0.418. The number of amides is 1. The van der Waals surface area contributed by atoms with E-state index in [4.69, 9.17) is 0 Å². The van der Waals surface area contributed by atoms with E-state index in [0.29, 0.717) is 17.0 Å². The summed E-state index contributed by atoms with van der Waals surface area (Å²) in [6.07, 6.45) is 5.10. The fraction of sp³-hybridized carbons (Fsp3) is 0.0435. The first kappa shape index (κ1) is 18.3. The van der Waals surface area contributed by atoms with Crippen LogP contribution in [0.25, 0.3) is 16.9 Å². The van der Waals surface area contributed by atoms with Gasteiger partial charge in [0.25, 0.3) is 5.91 Å². The summed E-state index contributed by atoms with van der Waals surface area (Å²) < 4.78 is 1.71. The van der Waals surface area contributed by atoms with Gasteiger partial charge in [0.1, 0.15) is 5.69 Å². The maximum Gasteiger partial charge on any atom is 0.275 e. The van der Waals surface area contributed by atoms with Gasteiger partial charge in [-0.25, -0.2) is 10.1 Å². The molecule has 0 spiro atoms. The SMILES string of the molecule is C/C(=N\NC(=O)c1cn(-c2ccccc2)nc1-c1ccccc1)c1ccncc1. The number of hydrazone groups is 1. The van der Waals surface area contributed by atoms with Crippen LogP contribution in [-0.4, -0.2) is 26.4 Å². The Morgan fingerprint density at radius 2 is 1.59 bits per heavy atom. The first-order chi connectivity index (χ1) is 14.2. The number of benzene rings is 2. The number of aromatic nitrogens is 3. The first-order valence-corrected chi connectivity index (χ1v) is 9.18. The number of nitrogens with zero attached hydrogens (tertiary/aromatic N) is 4. The second-order valence-corrected chi connectivity index (χ2v) is 6.41. The monoisotopic (exact) mass is 381 g/mol. The van der Waals surface area contributed by atoms with Gasteiger partial charge < -0.3 is 0 Å². The maximum absolute atomic E-state index is 12.9. The lowest BCUT2D eigenvalue weighted by Crippen LogP contribution is -2.19. The topological polar surface area (TPSA) is 72.2 Å². The molecule has 0 saturated heterocycles. The molecule has 0 aliphatic heterocycles. The third-order valence-corrected chi connectivity index (χ3v) is 4.45. The predicted octanol–water partition coefficient (Wildman–Crippen LogP) is 4.09. The molecular formula is C23H19N5O. The Hall–Kier alpha value is -4.06. The number of pyridine rings is 1. The molecule has 0 unspecified atom stereocenters. The minimum atomic E-state index is -0.320. The fourth-order valence-corrected chi connectivity index (χ4v) is 2.91. The number of hydrogen-bond donors (Lipinski definition) is 1. The van der Waals surface area contributed by atoms with Crippen LogP contribution in [0.1, 0.15) is 22.8 Å². The summed E-state index contributed by atoms with van der Waals surface area (Å²) >= 11 is 0. The molecule has 0 saturated carbocycles. The van der Waals surface area contributed by atoms with Crippen molar-refractivity contribution in [2.24, 2.45) is 5.10 Å². The minimum absolute atomic E-state index is 0.320. The zero-order valence-electron chi connectivity index (χ0n) is 15.9. The smallest absolute Gasteiger partial charge is 0.267 e. The molecule has 4 rings (SSSR count). The third kappa shape index (κ3) is 4.11. The van der Waals surface area contributed by atoms with Crippen molar-refractivity contribution in [1.29, 1.82) is 0 Å². The van der Waals surface area contributed by atoms with Crippen LogP contribution >= 0.6 is 0 Å². The number of rotatable bonds is 5. The molecule has 2 heterocycles. The average molecular weight is 381 g/mol. The highest BCUT2D eigenvalue weighted by atomic mass is 16.2. The number of nitrogens with one attached hydrogen (secondary N) is 1. The summed E-state index contributed by atoms with van der Waals surface area (Å²) in [5.74, 6) is -0.320. The molecule has 4 aromatic rings. The van der Waals surface area contributed by atoms with E-state index in [1.165, 1.54) is 0 Å². The molecule has 2 aromatic carbocycles. The van der Waals surface area contributed by atoms with E-state index in [1.807, 2.05) is 79.7 Å². The van der Waals surface area contributed by atoms with Gasteiger partial charge in [0, 0.05) is 29.7 Å². The van der Waals surface area contributed by atoms with Gasteiger partial charge in [-0.1, -0.05) is 48.5 Å². The van der Waals surface area contributed by atoms with Gasteiger partial charge in [0.2, 0.25) is 0 Å². The highest BCUT2D eigenvalue weighted by Gasteiger charge is 2.18. The molecule has 1 N–H and O–H groups in total. The lowest BCUT2D eigenvalue weighted by molar-refractivity contribution is 0.0955. The van der Waals surface area contributed by atoms with Gasteiger partial charge in [0.15, 0.2) is 0 Å². The van der Waals surface area contributed by atoms with Crippen LogP contribution in [0.3, 0.4) is 0 Å². The predicted molar refractivity (Wildman–Crippen MR) is 113 cm³/mol. The average Bonchev–Trinajstić information content (AvgIpc) is 3.25. The molecule has 0 fully saturated rings. The van der Waals surface area contributed by atoms with E-state index in [1.54, 1.807) is 23.3 Å². The van der Waals surface area contributed by atoms with Crippen LogP contribution < -0.4 is 5.43 Å². The number of carbonyl (C=O) groups is 1. The lowest BCUT2D eigenvalue weighted by Gasteiger charge is -2.03. The molecule has 0 aliphatic carbocycles. The molecule has 0 aliphatic rings. The minimum Gasteiger partial charge on any atom is -0.267 e. The van der Waals surface area contributed by atoms with E-state index < -0.39 is 0 Å². The zero-order valence-corrected chi connectivity index (χ0v) is 15.9. The maximum atomic E-state index is 12.9. The van der Waals surface area contributed by atoms with Crippen molar-refractivity contribution in [2.45, 2.75) is 6.92 Å². The molecule has 6 heteroatoms. The molecule has 1 amide bonds. The standard InChI is InChI=1S/C23H19N5O/c1-17(18-12-14-24-15-13-18)25-26-23(29)21-16-28(20-10-6-3-7-11-20)27-22(21)19-8-4-2-5-9-19/h2-16H,1H3,(H,26,29)/b25-17+. The van der Waals surface area contributed by atoms with Gasteiger partial charge in [0.05, 0.1) is 17.0 Å². The van der Waals surface area contributed by atoms with Gasteiger partial charge in [-0.15, -0.1) is 0 Å². The number of carbonyl (C=O) groups excluding carboxylic acids is 1. The Morgan fingerprint density at radius 3 is 2.28 bits per heavy atom. The van der Waals surface area contributed by atoms with Crippen LogP contribution in [0.2, 0.25) is 0 Å². The molecule has 2 aromatic heterocycles. The van der Waals surface area contributed by atoms with E-state index in [2.05, 4.69) is 20.6 Å². The fourth-order valence-electron chi connectivity index (χ4n) is 2.91. The Bertz CT molecular complexity index is 1140. The third-order valence-electron chi connectivity index (χ3n) is 4.45. The van der Waals surface area contributed by atoms with E-state index in [-0.39, 0.29) is 5.91 Å². The lowest BCUT2D eigenvalue weighted by atomic mass is 10.1. The highest BCUT2D eigenvalue weighted by Crippen LogP contribution is 2.23. The van der Waals surface area contributed by atoms with E-state index in [9.17, 15) is 4.79 Å². The van der Waals surface area contributed by atoms with Gasteiger partial charge in [-0.3, -0.25) is 9.78 Å². The van der Waals surface area contributed by atoms with Crippen molar-refractivity contribution in [3.63, 3.8) is 0 Å². The van der Waals surface area contributed by atoms with Crippen molar-refractivity contribution in [3.05, 3.63) is 103 Å². The molecule has 0 atom stereocenters. The van der Waals surface area contributed by atoms with Crippen LogP contribution in [0.5, 0.6) is 0 Å². The summed E-state index contributed by atoms with van der Waals surface area (Å²) in [5.41, 5.74) is 7.02.